The van der Waals surface area contributed by atoms with Crippen molar-refractivity contribution in [3.8, 4) is 5.75 Å². The SMILES string of the molecule is Cc1ccc2nc(COc3ccc(C(=O)N4CCC(c5ccccc5)CC4)cc3)cn2c1. The van der Waals surface area contributed by atoms with Crippen LogP contribution < -0.4 is 4.74 Å². The van der Waals surface area contributed by atoms with Gasteiger partial charge < -0.3 is 14.0 Å². The zero-order valence-electron chi connectivity index (χ0n) is 18.3. The molecular formula is C27H27N3O2. The number of hydrogen-bond acceptors (Lipinski definition) is 3. The Morgan fingerprint density at radius 3 is 2.47 bits per heavy atom. The normalized spacial score (nSPS) is 14.6. The number of carbonyl (C=O) groups is 1. The maximum Gasteiger partial charge on any atom is 0.253 e. The Morgan fingerprint density at radius 2 is 1.72 bits per heavy atom. The van der Waals surface area contributed by atoms with Crippen LogP contribution >= 0.6 is 0 Å². The van der Waals surface area contributed by atoms with Crippen LogP contribution in [-0.4, -0.2) is 33.3 Å². The molecule has 0 saturated carbocycles. The maximum atomic E-state index is 12.9. The molecule has 0 N–H and O–H groups in total. The fourth-order valence-corrected chi connectivity index (χ4v) is 4.40. The Labute approximate surface area is 188 Å². The summed E-state index contributed by atoms with van der Waals surface area (Å²) in [6.45, 7) is 4.04. The number of amides is 1. The van der Waals surface area contributed by atoms with Crippen molar-refractivity contribution in [2.45, 2.75) is 32.3 Å². The van der Waals surface area contributed by atoms with Crippen LogP contribution in [0.4, 0.5) is 0 Å². The van der Waals surface area contributed by atoms with Crippen LogP contribution in [0, 0.1) is 6.92 Å². The number of piperidine rings is 1. The molecule has 2 aromatic carbocycles. The Balaban J connectivity index is 1.16. The zero-order chi connectivity index (χ0) is 21.9. The predicted octanol–water partition coefficient (Wildman–Crippen LogP) is 5.24. The molecule has 3 heterocycles. The minimum atomic E-state index is 0.0961. The highest BCUT2D eigenvalue weighted by Gasteiger charge is 2.24. The van der Waals surface area contributed by atoms with Gasteiger partial charge in [-0.05, 0) is 67.1 Å². The number of ether oxygens (including phenoxy) is 1. The summed E-state index contributed by atoms with van der Waals surface area (Å²) in [5, 5.41) is 0. The zero-order valence-corrected chi connectivity index (χ0v) is 18.3. The number of carbonyl (C=O) groups excluding carboxylic acids is 1. The molecule has 2 aromatic heterocycles. The quantitative estimate of drug-likeness (QED) is 0.439. The van der Waals surface area contributed by atoms with Gasteiger partial charge in [0.1, 0.15) is 18.0 Å². The van der Waals surface area contributed by atoms with E-state index in [1.54, 1.807) is 0 Å². The van der Waals surface area contributed by atoms with E-state index in [4.69, 9.17) is 4.74 Å². The van der Waals surface area contributed by atoms with Gasteiger partial charge in [-0.3, -0.25) is 4.79 Å². The van der Waals surface area contributed by atoms with Crippen molar-refractivity contribution in [1.82, 2.24) is 14.3 Å². The highest BCUT2D eigenvalue weighted by Crippen LogP contribution is 2.28. The molecule has 5 heteroatoms. The smallest absolute Gasteiger partial charge is 0.253 e. The second kappa shape index (κ2) is 8.87. The molecule has 1 fully saturated rings. The number of imidazole rings is 1. The third-order valence-electron chi connectivity index (χ3n) is 6.19. The summed E-state index contributed by atoms with van der Waals surface area (Å²) in [4.78, 5) is 19.5. The number of rotatable bonds is 5. The number of nitrogens with zero attached hydrogens (tertiary/aromatic N) is 3. The first-order valence-electron chi connectivity index (χ1n) is 11.2. The molecule has 0 bridgehead atoms. The molecule has 5 rings (SSSR count). The Hall–Kier alpha value is -3.60. The van der Waals surface area contributed by atoms with E-state index < -0.39 is 0 Å². The summed E-state index contributed by atoms with van der Waals surface area (Å²) in [6.07, 6.45) is 6.05. The van der Waals surface area contributed by atoms with Gasteiger partial charge in [-0.25, -0.2) is 4.98 Å². The molecule has 1 amide bonds. The van der Waals surface area contributed by atoms with Crippen LogP contribution in [0.5, 0.6) is 5.75 Å². The molecule has 0 radical (unpaired) electrons. The van der Waals surface area contributed by atoms with E-state index >= 15 is 0 Å². The van der Waals surface area contributed by atoms with E-state index in [0.29, 0.717) is 18.1 Å². The number of fused-ring (bicyclic) bond motifs is 1. The van der Waals surface area contributed by atoms with Crippen molar-refractivity contribution < 1.29 is 9.53 Å². The number of aryl methyl sites for hydroxylation is 1. The van der Waals surface area contributed by atoms with Crippen LogP contribution in [0.15, 0.2) is 79.1 Å². The van der Waals surface area contributed by atoms with Gasteiger partial charge in [0.05, 0.1) is 5.69 Å². The monoisotopic (exact) mass is 425 g/mol. The van der Waals surface area contributed by atoms with Gasteiger partial charge in [0.15, 0.2) is 0 Å². The van der Waals surface area contributed by atoms with E-state index in [0.717, 1.165) is 43.0 Å². The molecule has 1 aliphatic heterocycles. The van der Waals surface area contributed by atoms with E-state index in [-0.39, 0.29) is 5.91 Å². The van der Waals surface area contributed by atoms with Crippen LogP contribution in [-0.2, 0) is 6.61 Å². The maximum absolute atomic E-state index is 12.9. The Bertz CT molecular complexity index is 1210. The summed E-state index contributed by atoms with van der Waals surface area (Å²) >= 11 is 0. The molecule has 32 heavy (non-hydrogen) atoms. The highest BCUT2D eigenvalue weighted by molar-refractivity contribution is 5.94. The molecule has 0 spiro atoms. The standard InChI is InChI=1S/C27H27N3O2/c1-20-7-12-26-28-24(18-30(26)17-20)19-32-25-10-8-23(9-11-25)27(31)29-15-13-22(14-16-29)21-5-3-2-4-6-21/h2-12,17-18,22H,13-16,19H2,1H3. The minimum Gasteiger partial charge on any atom is -0.487 e. The summed E-state index contributed by atoms with van der Waals surface area (Å²) in [5.41, 5.74) is 5.05. The molecule has 0 atom stereocenters. The Kier molecular flexibility index (Phi) is 5.63. The molecular weight excluding hydrogens is 398 g/mol. The fraction of sp³-hybridized carbons (Fsp3) is 0.259. The largest absolute Gasteiger partial charge is 0.487 e. The lowest BCUT2D eigenvalue weighted by atomic mass is 9.89. The first kappa shape index (κ1) is 20.3. The number of pyridine rings is 1. The lowest BCUT2D eigenvalue weighted by Gasteiger charge is -2.32. The van der Waals surface area contributed by atoms with E-state index in [1.807, 2.05) is 58.0 Å². The van der Waals surface area contributed by atoms with Crippen LogP contribution in [0.2, 0.25) is 0 Å². The van der Waals surface area contributed by atoms with Gasteiger partial charge in [-0.15, -0.1) is 0 Å². The third-order valence-corrected chi connectivity index (χ3v) is 6.19. The molecule has 1 saturated heterocycles. The van der Waals surface area contributed by atoms with Crippen molar-refractivity contribution in [3.05, 3.63) is 102 Å². The summed E-state index contributed by atoms with van der Waals surface area (Å²) in [7, 11) is 0. The van der Waals surface area contributed by atoms with Crippen LogP contribution in [0.25, 0.3) is 5.65 Å². The summed E-state index contributed by atoms with van der Waals surface area (Å²) < 4.78 is 7.91. The van der Waals surface area contributed by atoms with Gasteiger partial charge in [-0.1, -0.05) is 36.4 Å². The summed E-state index contributed by atoms with van der Waals surface area (Å²) in [5.74, 6) is 1.37. The molecule has 162 valence electrons. The summed E-state index contributed by atoms with van der Waals surface area (Å²) in [6, 6.07) is 22.1. The fourth-order valence-electron chi connectivity index (χ4n) is 4.40. The van der Waals surface area contributed by atoms with Crippen molar-refractivity contribution in [3.63, 3.8) is 0 Å². The Morgan fingerprint density at radius 1 is 0.969 bits per heavy atom. The highest BCUT2D eigenvalue weighted by atomic mass is 16.5. The van der Waals surface area contributed by atoms with Gasteiger partial charge >= 0.3 is 0 Å². The molecule has 0 unspecified atom stereocenters. The van der Waals surface area contributed by atoms with Crippen LogP contribution in [0.3, 0.4) is 0 Å². The van der Waals surface area contributed by atoms with Gasteiger partial charge in [0.25, 0.3) is 5.91 Å². The average Bonchev–Trinajstić information content (AvgIpc) is 3.25. The lowest BCUT2D eigenvalue weighted by Crippen LogP contribution is -2.37. The van der Waals surface area contributed by atoms with Crippen molar-refractivity contribution in [2.24, 2.45) is 0 Å². The average molecular weight is 426 g/mol. The topological polar surface area (TPSA) is 46.8 Å². The molecule has 1 aliphatic rings. The minimum absolute atomic E-state index is 0.0961. The molecule has 4 aromatic rings. The number of aromatic nitrogens is 2. The van der Waals surface area contributed by atoms with Gasteiger partial charge in [-0.2, -0.15) is 0 Å². The van der Waals surface area contributed by atoms with E-state index in [2.05, 4.69) is 42.4 Å². The third kappa shape index (κ3) is 4.37. The lowest BCUT2D eigenvalue weighted by molar-refractivity contribution is 0.0713. The molecule has 5 nitrogen and oxygen atoms in total. The van der Waals surface area contributed by atoms with Crippen molar-refractivity contribution in [2.75, 3.05) is 13.1 Å². The second-order valence-electron chi connectivity index (χ2n) is 8.49. The number of likely N-dealkylation sites (tertiary alicyclic amines) is 1. The van der Waals surface area contributed by atoms with Gasteiger partial charge in [0, 0.05) is 31.0 Å². The van der Waals surface area contributed by atoms with Gasteiger partial charge in [0.2, 0.25) is 0 Å². The second-order valence-corrected chi connectivity index (χ2v) is 8.49. The van der Waals surface area contributed by atoms with Crippen molar-refractivity contribution in [1.29, 1.82) is 0 Å². The number of hydrogen-bond donors (Lipinski definition) is 0. The number of benzene rings is 2. The molecule has 0 aliphatic carbocycles. The van der Waals surface area contributed by atoms with E-state index in [9.17, 15) is 4.79 Å². The van der Waals surface area contributed by atoms with Crippen molar-refractivity contribution >= 4 is 11.6 Å². The predicted molar refractivity (Wildman–Crippen MR) is 125 cm³/mol. The first-order chi connectivity index (χ1) is 15.7. The van der Waals surface area contributed by atoms with Crippen LogP contribution in [0.1, 0.15) is 45.9 Å². The van der Waals surface area contributed by atoms with E-state index in [1.165, 1.54) is 11.1 Å². The first-order valence-corrected chi connectivity index (χ1v) is 11.2.